The van der Waals surface area contributed by atoms with Crippen molar-refractivity contribution in [2.75, 3.05) is 18.2 Å². The van der Waals surface area contributed by atoms with Crippen LogP contribution in [0.15, 0.2) is 102 Å². The minimum absolute atomic E-state index is 0.0810. The fraction of sp³-hybridized carbons (Fsp3) is 0.278. The fourth-order valence-electron chi connectivity index (χ4n) is 5.41. The van der Waals surface area contributed by atoms with E-state index in [1.165, 1.54) is 24.9 Å². The molecule has 1 aliphatic rings. The van der Waals surface area contributed by atoms with Crippen LogP contribution in [0.4, 0.5) is 10.5 Å². The quantitative estimate of drug-likeness (QED) is 0.108. The van der Waals surface area contributed by atoms with Crippen molar-refractivity contribution in [3.05, 3.63) is 125 Å². The van der Waals surface area contributed by atoms with Crippen molar-refractivity contribution in [3.63, 3.8) is 0 Å². The number of ether oxygens (including phenoxy) is 3. The highest BCUT2D eigenvalue weighted by Gasteiger charge is 2.38. The maximum absolute atomic E-state index is 13.0. The molecule has 0 spiro atoms. The van der Waals surface area contributed by atoms with Crippen LogP contribution in [0.5, 0.6) is 0 Å². The number of carbonyl (C=O) groups excluding carboxylic acids is 2. The zero-order valence-corrected chi connectivity index (χ0v) is 27.3. The lowest BCUT2D eigenvalue weighted by atomic mass is 9.91. The van der Waals surface area contributed by atoms with E-state index in [9.17, 15) is 24.6 Å². The number of nitrogens with zero attached hydrogens (tertiary/aromatic N) is 1. The summed E-state index contributed by atoms with van der Waals surface area (Å²) >= 11 is 1.30. The van der Waals surface area contributed by atoms with Crippen molar-refractivity contribution >= 4 is 35.4 Å². The third-order valence-corrected chi connectivity index (χ3v) is 9.09. The summed E-state index contributed by atoms with van der Waals surface area (Å²) in [5, 5.41) is 25.1. The lowest BCUT2D eigenvalue weighted by Crippen LogP contribution is -2.45. The van der Waals surface area contributed by atoms with Gasteiger partial charge in [0.2, 0.25) is 0 Å². The zero-order chi connectivity index (χ0) is 34.0. The van der Waals surface area contributed by atoms with E-state index in [4.69, 9.17) is 14.2 Å². The number of carboxylic acid groups (broad SMARTS) is 1. The van der Waals surface area contributed by atoms with Gasteiger partial charge in [-0.25, -0.2) is 19.4 Å². The van der Waals surface area contributed by atoms with Gasteiger partial charge >= 0.3 is 18.0 Å². The van der Waals surface area contributed by atoms with Gasteiger partial charge in [0.1, 0.15) is 11.1 Å². The van der Waals surface area contributed by atoms with Crippen LogP contribution in [0, 0.1) is 5.92 Å². The Balaban J connectivity index is 1.34. The lowest BCUT2D eigenvalue weighted by molar-refractivity contribution is -0.268. The van der Waals surface area contributed by atoms with Gasteiger partial charge in [0.25, 0.3) is 0 Å². The molecule has 250 valence electrons. The van der Waals surface area contributed by atoms with Gasteiger partial charge in [-0.3, -0.25) is 0 Å². The number of carbonyl (C=O) groups is 3. The van der Waals surface area contributed by atoms with Crippen LogP contribution < -0.4 is 10.6 Å². The largest absolute Gasteiger partial charge is 0.478 e. The topological polar surface area (TPSA) is 156 Å². The first-order chi connectivity index (χ1) is 23.2. The SMILES string of the molecule is COC(=O)C(Cc1ccccc1)NC(=O)Nc1cccc(C2OC(CSc3ncccc3C(=O)O)C(C)C(c3ccc(CO)cc3)O2)c1. The summed E-state index contributed by atoms with van der Waals surface area (Å²) in [4.78, 5) is 41.6. The number of thioether (sulfide) groups is 1. The third-order valence-electron chi connectivity index (χ3n) is 8.00. The van der Waals surface area contributed by atoms with E-state index in [2.05, 4.69) is 15.6 Å². The summed E-state index contributed by atoms with van der Waals surface area (Å²) < 4.78 is 17.9. The fourth-order valence-corrected chi connectivity index (χ4v) is 6.56. The first-order valence-corrected chi connectivity index (χ1v) is 16.3. The van der Waals surface area contributed by atoms with Crippen LogP contribution >= 0.6 is 11.8 Å². The predicted molar refractivity (Wildman–Crippen MR) is 179 cm³/mol. The number of carboxylic acids is 1. The molecule has 5 atom stereocenters. The zero-order valence-electron chi connectivity index (χ0n) is 26.4. The van der Waals surface area contributed by atoms with Gasteiger partial charge in [0, 0.05) is 35.5 Å². The minimum Gasteiger partial charge on any atom is -0.478 e. The number of aliphatic hydroxyl groups excluding tert-OH is 1. The van der Waals surface area contributed by atoms with Crippen LogP contribution in [-0.2, 0) is 32.0 Å². The summed E-state index contributed by atoms with van der Waals surface area (Å²) in [7, 11) is 1.27. The van der Waals surface area contributed by atoms with Crippen LogP contribution in [0.25, 0.3) is 0 Å². The summed E-state index contributed by atoms with van der Waals surface area (Å²) in [5.74, 6) is -1.36. The molecule has 2 heterocycles. The standard InChI is InChI=1S/C36H37N3O8S/c1-22-30(21-48-32-28(33(41)42)12-7-17-37-32)46-35(47-31(22)25-15-13-24(20-40)14-16-25)26-10-6-11-27(19-26)38-36(44)39-29(34(43)45-2)18-23-8-4-3-5-9-23/h3-17,19,22,29-31,35,40H,18,20-21H2,1-2H3,(H,41,42)(H2,38,39,44). The molecule has 1 fully saturated rings. The van der Waals surface area contributed by atoms with Gasteiger partial charge in [-0.05, 0) is 41.0 Å². The van der Waals surface area contributed by atoms with E-state index < -0.39 is 36.4 Å². The molecular weight excluding hydrogens is 634 g/mol. The second kappa shape index (κ2) is 16.4. The smallest absolute Gasteiger partial charge is 0.338 e. The average Bonchev–Trinajstić information content (AvgIpc) is 3.11. The van der Waals surface area contributed by atoms with Gasteiger partial charge in [0.05, 0.1) is 31.5 Å². The van der Waals surface area contributed by atoms with Gasteiger partial charge in [-0.1, -0.05) is 73.7 Å². The van der Waals surface area contributed by atoms with Crippen molar-refractivity contribution in [3.8, 4) is 0 Å². The molecule has 0 radical (unpaired) electrons. The molecule has 11 nitrogen and oxygen atoms in total. The Morgan fingerprint density at radius 1 is 0.938 bits per heavy atom. The molecule has 0 aliphatic carbocycles. The highest BCUT2D eigenvalue weighted by molar-refractivity contribution is 7.99. The first-order valence-electron chi connectivity index (χ1n) is 15.4. The number of aromatic nitrogens is 1. The van der Waals surface area contributed by atoms with Crippen molar-refractivity contribution < 1.29 is 38.8 Å². The Bertz CT molecular complexity index is 1710. The Labute approximate surface area is 282 Å². The molecule has 12 heteroatoms. The highest BCUT2D eigenvalue weighted by atomic mass is 32.2. The van der Waals surface area contributed by atoms with E-state index in [0.717, 1.165) is 16.7 Å². The molecular formula is C36H37N3O8S. The van der Waals surface area contributed by atoms with Crippen LogP contribution in [0.3, 0.4) is 0 Å². The van der Waals surface area contributed by atoms with E-state index in [0.29, 0.717) is 22.0 Å². The molecule has 4 aromatic rings. The average molecular weight is 672 g/mol. The maximum atomic E-state index is 13.0. The number of pyridine rings is 1. The van der Waals surface area contributed by atoms with Crippen molar-refractivity contribution in [1.29, 1.82) is 0 Å². The first kappa shape index (κ1) is 34.6. The Morgan fingerprint density at radius 3 is 2.42 bits per heavy atom. The minimum atomic E-state index is -1.06. The molecule has 0 bridgehead atoms. The number of hydrogen-bond donors (Lipinski definition) is 4. The number of urea groups is 1. The monoisotopic (exact) mass is 671 g/mol. The second-order valence-electron chi connectivity index (χ2n) is 11.3. The Kier molecular flexibility index (Phi) is 11.8. The molecule has 4 N–H and O–H groups in total. The maximum Gasteiger partial charge on any atom is 0.338 e. The number of rotatable bonds is 12. The molecule has 48 heavy (non-hydrogen) atoms. The summed E-state index contributed by atoms with van der Waals surface area (Å²) in [6.07, 6.45) is 0.209. The number of methoxy groups -OCH3 is 1. The van der Waals surface area contributed by atoms with E-state index in [-0.39, 0.29) is 30.6 Å². The summed E-state index contributed by atoms with van der Waals surface area (Å²) in [5.41, 5.74) is 3.75. The molecule has 5 rings (SSSR count). The lowest BCUT2D eigenvalue weighted by Gasteiger charge is -2.41. The van der Waals surface area contributed by atoms with Crippen LogP contribution in [-0.4, -0.2) is 58.2 Å². The van der Waals surface area contributed by atoms with Gasteiger partial charge in [-0.2, -0.15) is 0 Å². The number of nitrogens with one attached hydrogen (secondary N) is 2. The van der Waals surface area contributed by atoms with E-state index >= 15 is 0 Å². The molecule has 1 saturated heterocycles. The number of amides is 2. The van der Waals surface area contributed by atoms with Crippen LogP contribution in [0.1, 0.15) is 51.9 Å². The molecule has 2 amide bonds. The number of benzene rings is 3. The molecule has 3 aromatic carbocycles. The van der Waals surface area contributed by atoms with Gasteiger partial charge in [0.15, 0.2) is 6.29 Å². The number of aliphatic hydroxyl groups is 1. The van der Waals surface area contributed by atoms with Gasteiger partial charge < -0.3 is 35.1 Å². The highest BCUT2D eigenvalue weighted by Crippen LogP contribution is 2.43. The van der Waals surface area contributed by atoms with E-state index in [1.54, 1.807) is 30.5 Å². The van der Waals surface area contributed by atoms with Gasteiger partial charge in [-0.15, -0.1) is 11.8 Å². The number of aromatic carboxylic acids is 1. The third kappa shape index (κ3) is 8.78. The molecule has 5 unspecified atom stereocenters. The number of esters is 1. The van der Waals surface area contributed by atoms with Crippen LogP contribution in [0.2, 0.25) is 0 Å². The Morgan fingerprint density at radius 2 is 1.71 bits per heavy atom. The second-order valence-corrected chi connectivity index (χ2v) is 12.3. The van der Waals surface area contributed by atoms with Crippen molar-refractivity contribution in [2.45, 2.75) is 49.5 Å². The number of hydrogen-bond acceptors (Lipinski definition) is 9. The summed E-state index contributed by atoms with van der Waals surface area (Å²) in [6.45, 7) is 1.93. The predicted octanol–water partition coefficient (Wildman–Crippen LogP) is 5.76. The van der Waals surface area contributed by atoms with Crippen molar-refractivity contribution in [2.24, 2.45) is 5.92 Å². The number of anilines is 1. The van der Waals surface area contributed by atoms with Crippen molar-refractivity contribution in [1.82, 2.24) is 10.3 Å². The molecule has 1 aliphatic heterocycles. The summed E-state index contributed by atoms with van der Waals surface area (Å²) in [6, 6.07) is 25.5. The molecule has 1 aromatic heterocycles. The van der Waals surface area contributed by atoms with E-state index in [1.807, 2.05) is 67.6 Å². The normalized spacial score (nSPS) is 19.6. The Hall–Kier alpha value is -4.75. The molecule has 0 saturated carbocycles.